The van der Waals surface area contributed by atoms with Gasteiger partial charge in [-0.15, -0.1) is 5.10 Å². The van der Waals surface area contributed by atoms with E-state index in [9.17, 15) is 0 Å². The van der Waals surface area contributed by atoms with E-state index in [1.165, 1.54) is 0 Å². The van der Waals surface area contributed by atoms with Gasteiger partial charge in [0.05, 0.1) is 23.5 Å². The smallest absolute Gasteiger partial charge is 0.0886 e. The maximum atomic E-state index is 6.42. The topological polar surface area (TPSA) is 66.0 Å². The van der Waals surface area contributed by atoms with Gasteiger partial charge in [0.25, 0.3) is 0 Å². The molecule has 1 heterocycles. The molecule has 1 aromatic heterocycles. The summed E-state index contributed by atoms with van der Waals surface area (Å²) in [5.41, 5.74) is 7.49. The zero-order valence-corrected chi connectivity index (χ0v) is 11.8. The molecule has 1 unspecified atom stereocenters. The van der Waals surface area contributed by atoms with Crippen LogP contribution in [0.4, 0.5) is 0 Å². The normalized spacial score (nSPS) is 23.8. The minimum atomic E-state index is -0.273. The second-order valence-corrected chi connectivity index (χ2v) is 6.19. The molecule has 2 N–H and O–H groups in total. The van der Waals surface area contributed by atoms with Gasteiger partial charge in [0, 0.05) is 14.2 Å². The Morgan fingerprint density at radius 2 is 1.94 bits per heavy atom. The van der Waals surface area contributed by atoms with Gasteiger partial charge in [-0.05, 0) is 31.1 Å². The molecule has 102 valence electrons. The molecule has 0 radical (unpaired) electrons. The lowest BCUT2D eigenvalue weighted by atomic mass is 9.68. The van der Waals surface area contributed by atoms with Crippen LogP contribution in [0.3, 0.4) is 0 Å². The van der Waals surface area contributed by atoms with Gasteiger partial charge in [0.15, 0.2) is 0 Å². The standard InChI is InChI=1S/C13H24N4O/c1-12(2)5-7-13(18-4,8-6-12)11(14)10-9-15-16-17(10)3/h9,11H,5-8,14H2,1-4H3. The van der Waals surface area contributed by atoms with E-state index in [0.29, 0.717) is 5.41 Å². The first-order chi connectivity index (χ1) is 8.40. The fourth-order valence-corrected chi connectivity index (χ4v) is 2.84. The molecule has 1 atom stereocenters. The summed E-state index contributed by atoms with van der Waals surface area (Å²) in [7, 11) is 3.64. The summed E-state index contributed by atoms with van der Waals surface area (Å²) in [5.74, 6) is 0. The Bertz CT molecular complexity index is 403. The molecule has 0 saturated heterocycles. The number of hydrogen-bond acceptors (Lipinski definition) is 4. The summed E-state index contributed by atoms with van der Waals surface area (Å²) in [6.45, 7) is 4.62. The highest BCUT2D eigenvalue weighted by molar-refractivity contribution is 5.11. The molecule has 0 amide bonds. The van der Waals surface area contributed by atoms with Crippen LogP contribution in [0.1, 0.15) is 51.3 Å². The Labute approximate surface area is 109 Å². The lowest BCUT2D eigenvalue weighted by molar-refractivity contribution is -0.0808. The minimum absolute atomic E-state index is 0.168. The van der Waals surface area contributed by atoms with Crippen molar-refractivity contribution < 1.29 is 4.74 Å². The molecule has 0 bridgehead atoms. The maximum absolute atomic E-state index is 6.42. The summed E-state index contributed by atoms with van der Waals surface area (Å²) >= 11 is 0. The van der Waals surface area contributed by atoms with Crippen LogP contribution in [0.25, 0.3) is 0 Å². The summed E-state index contributed by atoms with van der Waals surface area (Å²) in [4.78, 5) is 0. The van der Waals surface area contributed by atoms with Crippen molar-refractivity contribution in [2.45, 2.75) is 51.2 Å². The lowest BCUT2D eigenvalue weighted by Gasteiger charge is -2.45. The first kappa shape index (κ1) is 13.5. The van der Waals surface area contributed by atoms with Gasteiger partial charge in [-0.2, -0.15) is 0 Å². The minimum Gasteiger partial charge on any atom is -0.376 e. The van der Waals surface area contributed by atoms with Crippen molar-refractivity contribution >= 4 is 0 Å². The molecular weight excluding hydrogens is 228 g/mol. The number of methoxy groups -OCH3 is 1. The predicted molar refractivity (Wildman–Crippen MR) is 69.9 cm³/mol. The number of nitrogens with zero attached hydrogens (tertiary/aromatic N) is 3. The zero-order valence-electron chi connectivity index (χ0n) is 11.8. The summed E-state index contributed by atoms with van der Waals surface area (Å²) in [6.07, 6.45) is 6.00. The second kappa shape index (κ2) is 4.63. The summed E-state index contributed by atoms with van der Waals surface area (Å²) in [5, 5.41) is 7.87. The molecule has 1 aliphatic carbocycles. The van der Waals surface area contributed by atoms with Crippen molar-refractivity contribution in [3.8, 4) is 0 Å². The second-order valence-electron chi connectivity index (χ2n) is 6.19. The first-order valence-electron chi connectivity index (χ1n) is 6.55. The maximum Gasteiger partial charge on any atom is 0.0886 e. The highest BCUT2D eigenvalue weighted by Gasteiger charge is 2.44. The van der Waals surface area contributed by atoms with Gasteiger partial charge in [0.2, 0.25) is 0 Å². The van der Waals surface area contributed by atoms with E-state index in [1.807, 2.05) is 7.05 Å². The van der Waals surface area contributed by atoms with E-state index in [-0.39, 0.29) is 11.6 Å². The molecule has 2 rings (SSSR count). The Morgan fingerprint density at radius 1 is 1.33 bits per heavy atom. The molecule has 18 heavy (non-hydrogen) atoms. The Morgan fingerprint density at radius 3 is 2.39 bits per heavy atom. The molecule has 5 nitrogen and oxygen atoms in total. The van der Waals surface area contributed by atoms with E-state index in [0.717, 1.165) is 31.4 Å². The van der Waals surface area contributed by atoms with Crippen LogP contribution < -0.4 is 5.73 Å². The van der Waals surface area contributed by atoms with E-state index in [2.05, 4.69) is 24.2 Å². The lowest BCUT2D eigenvalue weighted by Crippen LogP contribution is -2.47. The van der Waals surface area contributed by atoms with Gasteiger partial charge >= 0.3 is 0 Å². The fraction of sp³-hybridized carbons (Fsp3) is 0.846. The number of aromatic nitrogens is 3. The molecular formula is C13H24N4O. The van der Waals surface area contributed by atoms with Crippen molar-refractivity contribution in [3.05, 3.63) is 11.9 Å². The molecule has 1 aliphatic rings. The van der Waals surface area contributed by atoms with Gasteiger partial charge in [-0.1, -0.05) is 19.1 Å². The van der Waals surface area contributed by atoms with Crippen LogP contribution in [-0.2, 0) is 11.8 Å². The molecule has 1 fully saturated rings. The van der Waals surface area contributed by atoms with Gasteiger partial charge in [0.1, 0.15) is 0 Å². The monoisotopic (exact) mass is 252 g/mol. The third kappa shape index (κ3) is 2.29. The van der Waals surface area contributed by atoms with Crippen molar-refractivity contribution in [1.29, 1.82) is 0 Å². The third-order valence-corrected chi connectivity index (χ3v) is 4.49. The molecule has 0 aliphatic heterocycles. The van der Waals surface area contributed by atoms with Crippen molar-refractivity contribution in [2.24, 2.45) is 18.2 Å². The van der Waals surface area contributed by atoms with E-state index < -0.39 is 0 Å². The Kier molecular flexibility index (Phi) is 3.47. The first-order valence-corrected chi connectivity index (χ1v) is 6.55. The largest absolute Gasteiger partial charge is 0.376 e. The number of aryl methyl sites for hydroxylation is 1. The number of hydrogen-bond donors (Lipinski definition) is 1. The molecule has 5 heteroatoms. The quantitative estimate of drug-likeness (QED) is 0.890. The molecule has 1 saturated carbocycles. The van der Waals surface area contributed by atoms with Crippen molar-refractivity contribution in [3.63, 3.8) is 0 Å². The van der Waals surface area contributed by atoms with Gasteiger partial charge < -0.3 is 10.5 Å². The van der Waals surface area contributed by atoms with Gasteiger partial charge in [-0.3, -0.25) is 4.68 Å². The Balaban J connectivity index is 2.21. The van der Waals surface area contributed by atoms with E-state index in [4.69, 9.17) is 10.5 Å². The molecule has 0 aromatic carbocycles. The van der Waals surface area contributed by atoms with Crippen LogP contribution in [0.15, 0.2) is 6.20 Å². The van der Waals surface area contributed by atoms with Crippen molar-refractivity contribution in [2.75, 3.05) is 7.11 Å². The number of rotatable bonds is 3. The average Bonchev–Trinajstić information content (AvgIpc) is 2.75. The molecule has 1 aromatic rings. The van der Waals surface area contributed by atoms with Gasteiger partial charge in [-0.25, -0.2) is 0 Å². The van der Waals surface area contributed by atoms with Crippen LogP contribution in [0.5, 0.6) is 0 Å². The predicted octanol–water partition coefficient (Wildman–Crippen LogP) is 1.80. The number of nitrogens with two attached hydrogens (primary N) is 1. The summed E-state index contributed by atoms with van der Waals surface area (Å²) < 4.78 is 7.56. The van der Waals surface area contributed by atoms with Crippen LogP contribution in [0, 0.1) is 5.41 Å². The van der Waals surface area contributed by atoms with E-state index in [1.54, 1.807) is 18.0 Å². The van der Waals surface area contributed by atoms with Crippen LogP contribution in [-0.4, -0.2) is 27.7 Å². The molecule has 0 spiro atoms. The SMILES string of the molecule is COC1(C(N)c2cnnn2C)CCC(C)(C)CC1. The number of ether oxygens (including phenoxy) is 1. The van der Waals surface area contributed by atoms with E-state index >= 15 is 0 Å². The average molecular weight is 252 g/mol. The van der Waals surface area contributed by atoms with Crippen LogP contribution >= 0.6 is 0 Å². The Hall–Kier alpha value is -0.940. The van der Waals surface area contributed by atoms with Crippen LogP contribution in [0.2, 0.25) is 0 Å². The highest BCUT2D eigenvalue weighted by Crippen LogP contribution is 2.46. The highest BCUT2D eigenvalue weighted by atomic mass is 16.5. The summed E-state index contributed by atoms with van der Waals surface area (Å²) in [6, 6.07) is -0.168. The zero-order chi connectivity index (χ0) is 13.4. The third-order valence-electron chi connectivity index (χ3n) is 4.49. The van der Waals surface area contributed by atoms with Crippen molar-refractivity contribution in [1.82, 2.24) is 15.0 Å². The fourth-order valence-electron chi connectivity index (χ4n) is 2.84.